The average molecular weight is 675 g/mol. The van der Waals surface area contributed by atoms with Gasteiger partial charge in [-0.15, -0.1) is 0 Å². The van der Waals surface area contributed by atoms with Gasteiger partial charge in [0.2, 0.25) is 0 Å². The van der Waals surface area contributed by atoms with E-state index in [4.69, 9.17) is 0 Å². The van der Waals surface area contributed by atoms with Crippen LogP contribution in [0, 0.1) is 0 Å². The van der Waals surface area contributed by atoms with Crippen LogP contribution in [-0.2, 0) is 18.3 Å². The van der Waals surface area contributed by atoms with Gasteiger partial charge in [0, 0.05) is 5.41 Å². The van der Waals surface area contributed by atoms with Gasteiger partial charge in [0.1, 0.15) is 0 Å². The van der Waals surface area contributed by atoms with Gasteiger partial charge in [-0.2, -0.15) is 0 Å². The summed E-state index contributed by atoms with van der Waals surface area (Å²) in [5, 5.41) is 7.93. The van der Waals surface area contributed by atoms with E-state index in [2.05, 4.69) is 184 Å². The molecule has 0 atom stereocenters. The Morgan fingerprint density at radius 3 is 1.72 bits per heavy atom. The average Bonchev–Trinajstić information content (AvgIpc) is 3.45. The Morgan fingerprint density at radius 2 is 0.906 bits per heavy atom. The summed E-state index contributed by atoms with van der Waals surface area (Å²) in [5.41, 5.74) is 18.8. The lowest BCUT2D eigenvalue weighted by Gasteiger charge is -2.23. The first-order chi connectivity index (χ1) is 26.0. The van der Waals surface area contributed by atoms with Gasteiger partial charge in [-0.1, -0.05) is 159 Å². The van der Waals surface area contributed by atoms with Crippen LogP contribution < -0.4 is 0 Å². The van der Waals surface area contributed by atoms with E-state index in [0.29, 0.717) is 0 Å². The zero-order valence-corrected chi connectivity index (χ0v) is 30.1. The minimum Gasteiger partial charge on any atom is -0.0619 e. The van der Waals surface area contributed by atoms with Crippen molar-refractivity contribution in [3.05, 3.63) is 192 Å². The molecule has 0 saturated heterocycles. The standard InChI is InChI=1S/C53H38/c1-53(2)51-10-6-5-9-48(51)49-26-23-42(32-52(49)53)40-20-19-38-29-37(17-18-39(38)30-40)33-11-13-34(14-12-33)41-16-15-36-22-25-46-45-24-21-35-7-3-4-8-43(35)44(45)27-28-47(46)50(36)31-41/h3-21,23-24,26-32H,22,25H2,1-2H3. The van der Waals surface area contributed by atoms with Gasteiger partial charge < -0.3 is 0 Å². The van der Waals surface area contributed by atoms with Crippen LogP contribution in [0.25, 0.3) is 88.0 Å². The molecule has 11 rings (SSSR count). The van der Waals surface area contributed by atoms with Crippen LogP contribution in [0.15, 0.2) is 170 Å². The minimum atomic E-state index is -0.0000299. The maximum atomic E-state index is 2.42. The molecule has 0 aromatic heterocycles. The third-order valence-electron chi connectivity index (χ3n) is 12.4. The molecule has 250 valence electrons. The van der Waals surface area contributed by atoms with Crippen LogP contribution in [0.3, 0.4) is 0 Å². The van der Waals surface area contributed by atoms with Gasteiger partial charge in [0.05, 0.1) is 0 Å². The van der Waals surface area contributed by atoms with Crippen molar-refractivity contribution in [1.29, 1.82) is 0 Å². The van der Waals surface area contributed by atoms with Crippen LogP contribution >= 0.6 is 0 Å². The molecular formula is C53H38. The molecule has 0 fully saturated rings. The first kappa shape index (κ1) is 30.4. The Kier molecular flexibility index (Phi) is 6.53. The second-order valence-corrected chi connectivity index (χ2v) is 15.6. The molecule has 2 aliphatic carbocycles. The third-order valence-corrected chi connectivity index (χ3v) is 12.4. The minimum absolute atomic E-state index is 0.0000299. The number of benzene rings is 9. The number of fused-ring (bicyclic) bond motifs is 11. The molecule has 0 aliphatic heterocycles. The molecule has 0 bridgehead atoms. The van der Waals surface area contributed by atoms with Crippen molar-refractivity contribution in [2.24, 2.45) is 0 Å². The smallest absolute Gasteiger partial charge is 0.0159 e. The fourth-order valence-corrected chi connectivity index (χ4v) is 9.50. The largest absolute Gasteiger partial charge is 0.0619 e. The van der Waals surface area contributed by atoms with Crippen LogP contribution in [-0.4, -0.2) is 0 Å². The molecular weight excluding hydrogens is 637 g/mol. The monoisotopic (exact) mass is 674 g/mol. The van der Waals surface area contributed by atoms with Crippen molar-refractivity contribution in [2.45, 2.75) is 32.1 Å². The predicted molar refractivity (Wildman–Crippen MR) is 226 cm³/mol. The van der Waals surface area contributed by atoms with Crippen molar-refractivity contribution < 1.29 is 0 Å². The molecule has 9 aromatic carbocycles. The second-order valence-electron chi connectivity index (χ2n) is 15.6. The lowest BCUT2D eigenvalue weighted by Crippen LogP contribution is -2.14. The molecule has 2 aliphatic rings. The van der Waals surface area contributed by atoms with E-state index >= 15 is 0 Å². The molecule has 0 unspecified atom stereocenters. The molecule has 53 heavy (non-hydrogen) atoms. The predicted octanol–water partition coefficient (Wildman–Crippen LogP) is 14.2. The Labute approximate surface area is 311 Å². The first-order valence-electron chi connectivity index (χ1n) is 19.0. The number of hydrogen-bond acceptors (Lipinski definition) is 0. The SMILES string of the molecule is CC1(C)c2ccccc2-c2ccc(-c3ccc4cc(-c5ccc(-c6ccc7c(c6)-c6ccc8c(ccc9ccccc98)c6CC7)cc5)ccc4c3)cc21. The molecule has 0 radical (unpaired) electrons. The highest BCUT2D eigenvalue weighted by Crippen LogP contribution is 2.49. The van der Waals surface area contributed by atoms with Crippen molar-refractivity contribution in [1.82, 2.24) is 0 Å². The third kappa shape index (κ3) is 4.69. The van der Waals surface area contributed by atoms with Crippen molar-refractivity contribution in [2.75, 3.05) is 0 Å². The number of hydrogen-bond donors (Lipinski definition) is 0. The van der Waals surface area contributed by atoms with Gasteiger partial charge in [0.15, 0.2) is 0 Å². The van der Waals surface area contributed by atoms with Crippen molar-refractivity contribution in [3.8, 4) is 55.6 Å². The van der Waals surface area contributed by atoms with Gasteiger partial charge in [-0.3, -0.25) is 0 Å². The quantitative estimate of drug-likeness (QED) is 0.164. The van der Waals surface area contributed by atoms with Gasteiger partial charge in [-0.05, 0) is 147 Å². The number of aryl methyl sites for hydroxylation is 2. The summed E-state index contributed by atoms with van der Waals surface area (Å²) in [6.45, 7) is 4.70. The normalized spacial score (nSPS) is 13.8. The molecule has 9 aromatic rings. The Hall–Kier alpha value is -6.24. The first-order valence-corrected chi connectivity index (χ1v) is 19.0. The summed E-state index contributed by atoms with van der Waals surface area (Å²) in [4.78, 5) is 0. The topological polar surface area (TPSA) is 0 Å². The Balaban J connectivity index is 0.885. The second kappa shape index (κ2) is 11.4. The van der Waals surface area contributed by atoms with Crippen LogP contribution in [0.2, 0.25) is 0 Å². The van der Waals surface area contributed by atoms with Crippen LogP contribution in [0.4, 0.5) is 0 Å². The van der Waals surface area contributed by atoms with E-state index in [1.54, 1.807) is 0 Å². The molecule has 0 N–H and O–H groups in total. The van der Waals surface area contributed by atoms with Gasteiger partial charge in [-0.25, -0.2) is 0 Å². The fourth-order valence-electron chi connectivity index (χ4n) is 9.50. The maximum Gasteiger partial charge on any atom is 0.0159 e. The summed E-state index contributed by atoms with van der Waals surface area (Å²) < 4.78 is 0. The van der Waals surface area contributed by atoms with Crippen molar-refractivity contribution >= 4 is 32.3 Å². The van der Waals surface area contributed by atoms with E-state index in [1.807, 2.05) is 0 Å². The van der Waals surface area contributed by atoms with E-state index in [1.165, 1.54) is 110 Å². The van der Waals surface area contributed by atoms with E-state index in [-0.39, 0.29) is 5.41 Å². The highest BCUT2D eigenvalue weighted by atomic mass is 14.4. The molecule has 0 heteroatoms. The summed E-state index contributed by atoms with van der Waals surface area (Å²) in [7, 11) is 0. The highest BCUT2D eigenvalue weighted by molar-refractivity contribution is 6.10. The summed E-state index contributed by atoms with van der Waals surface area (Å²) in [6, 6.07) is 64.0. The summed E-state index contributed by atoms with van der Waals surface area (Å²) in [6.07, 6.45) is 2.16. The fraction of sp³-hybridized carbons (Fsp3) is 0.0943. The zero-order valence-electron chi connectivity index (χ0n) is 30.1. The number of rotatable bonds is 3. The summed E-state index contributed by atoms with van der Waals surface area (Å²) in [5.74, 6) is 0. The van der Waals surface area contributed by atoms with Crippen LogP contribution in [0.1, 0.15) is 36.1 Å². The van der Waals surface area contributed by atoms with E-state index < -0.39 is 0 Å². The molecule has 0 nitrogen and oxygen atoms in total. The Bertz CT molecular complexity index is 2960. The maximum absolute atomic E-state index is 2.42. The van der Waals surface area contributed by atoms with Gasteiger partial charge >= 0.3 is 0 Å². The van der Waals surface area contributed by atoms with Crippen molar-refractivity contribution in [3.63, 3.8) is 0 Å². The molecule has 0 saturated carbocycles. The molecule has 0 spiro atoms. The lowest BCUT2D eigenvalue weighted by molar-refractivity contribution is 0.660. The highest BCUT2D eigenvalue weighted by Gasteiger charge is 2.35. The molecule has 0 amide bonds. The Morgan fingerprint density at radius 1 is 0.340 bits per heavy atom. The lowest BCUT2D eigenvalue weighted by atomic mass is 9.81. The van der Waals surface area contributed by atoms with E-state index in [0.717, 1.165) is 12.8 Å². The zero-order chi connectivity index (χ0) is 35.3. The van der Waals surface area contributed by atoms with E-state index in [9.17, 15) is 0 Å². The summed E-state index contributed by atoms with van der Waals surface area (Å²) >= 11 is 0. The van der Waals surface area contributed by atoms with Gasteiger partial charge in [0.25, 0.3) is 0 Å². The van der Waals surface area contributed by atoms with Crippen LogP contribution in [0.5, 0.6) is 0 Å². The molecule has 0 heterocycles.